The van der Waals surface area contributed by atoms with E-state index in [9.17, 15) is 9.90 Å². The van der Waals surface area contributed by atoms with Crippen LogP contribution in [0.2, 0.25) is 5.02 Å². The van der Waals surface area contributed by atoms with Gasteiger partial charge in [0.15, 0.2) is 0 Å². The number of nitrogens with two attached hydrogens (primary N) is 1. The number of aromatic amines is 1. The quantitative estimate of drug-likeness (QED) is 0.525. The Bertz CT molecular complexity index is 946. The predicted octanol–water partition coefficient (Wildman–Crippen LogP) is 3.17. The Kier molecular flexibility index (Phi) is 5.56. The topological polar surface area (TPSA) is 91.1 Å². The first-order chi connectivity index (χ1) is 12.8. The highest BCUT2D eigenvalue weighted by Gasteiger charge is 2.30. The number of halogens is 1. The van der Waals surface area contributed by atoms with Crippen molar-refractivity contribution in [2.24, 2.45) is 5.73 Å². The van der Waals surface area contributed by atoms with Crippen LogP contribution in [0, 0.1) is 0 Å². The number of hydrogen-bond acceptors (Lipinski definition) is 3. The zero-order valence-corrected chi connectivity index (χ0v) is 16.1. The second kappa shape index (κ2) is 7.72. The number of rotatable bonds is 6. The van der Waals surface area contributed by atoms with E-state index in [4.69, 9.17) is 17.3 Å². The summed E-state index contributed by atoms with van der Waals surface area (Å²) in [6.45, 7) is 3.35. The van der Waals surface area contributed by atoms with Gasteiger partial charge >= 0.3 is 0 Å². The minimum Gasteiger partial charge on any atom is -0.388 e. The summed E-state index contributed by atoms with van der Waals surface area (Å²) >= 11 is 6.45. The molecule has 3 rings (SSSR count). The van der Waals surface area contributed by atoms with Gasteiger partial charge in [0.25, 0.3) is 0 Å². The molecule has 3 aromatic rings. The van der Waals surface area contributed by atoms with Gasteiger partial charge in [-0.15, -0.1) is 0 Å². The summed E-state index contributed by atoms with van der Waals surface area (Å²) in [5.41, 5.74) is 7.54. The number of carbonyl (C=O) groups is 1. The van der Waals surface area contributed by atoms with Crippen molar-refractivity contribution in [3.63, 3.8) is 0 Å². The molecule has 5 nitrogen and oxygen atoms in total. The molecule has 5 N–H and O–H groups in total. The van der Waals surface area contributed by atoms with Gasteiger partial charge in [0.05, 0.1) is 5.60 Å². The van der Waals surface area contributed by atoms with Crippen LogP contribution >= 0.6 is 11.6 Å². The Morgan fingerprint density at radius 2 is 1.85 bits per heavy atom. The molecule has 2 aromatic carbocycles. The molecule has 1 aromatic heterocycles. The standard InChI is InChI=1S/C21H24ClN3O2/c1-21(2,27)19(23)20(26)25-12-15(13-7-3-5-9-17(13)22)16-11-24-18-10-6-4-8-14(16)18/h3-11,15,19,24,27H,12,23H2,1-2H3,(H,25,26)/t15?,19-/m0/s1. The van der Waals surface area contributed by atoms with Gasteiger partial charge in [-0.2, -0.15) is 0 Å². The van der Waals surface area contributed by atoms with E-state index < -0.39 is 17.6 Å². The highest BCUT2D eigenvalue weighted by atomic mass is 35.5. The molecule has 0 fully saturated rings. The molecule has 2 atom stereocenters. The van der Waals surface area contributed by atoms with Gasteiger partial charge in [-0.3, -0.25) is 4.79 Å². The maximum absolute atomic E-state index is 12.4. The number of para-hydroxylation sites is 1. The molecule has 0 bridgehead atoms. The summed E-state index contributed by atoms with van der Waals surface area (Å²) in [4.78, 5) is 15.7. The van der Waals surface area contributed by atoms with Crippen molar-refractivity contribution in [1.82, 2.24) is 10.3 Å². The van der Waals surface area contributed by atoms with Crippen LogP contribution in [0.5, 0.6) is 0 Å². The molecule has 0 aliphatic rings. The summed E-state index contributed by atoms with van der Waals surface area (Å²) in [5.74, 6) is -0.563. The fourth-order valence-electron chi connectivity index (χ4n) is 3.16. The van der Waals surface area contributed by atoms with Crippen LogP contribution in [0.3, 0.4) is 0 Å². The van der Waals surface area contributed by atoms with E-state index in [1.54, 1.807) is 0 Å². The van der Waals surface area contributed by atoms with Crippen molar-refractivity contribution in [1.29, 1.82) is 0 Å². The Hall–Kier alpha value is -2.34. The van der Waals surface area contributed by atoms with Crippen LogP contribution in [0.4, 0.5) is 0 Å². The molecule has 27 heavy (non-hydrogen) atoms. The van der Waals surface area contributed by atoms with Crippen molar-refractivity contribution in [2.45, 2.75) is 31.4 Å². The minimum atomic E-state index is -1.30. The molecule has 1 unspecified atom stereocenters. The molecular formula is C21H24ClN3O2. The normalized spacial score (nSPS) is 14.1. The Labute approximate surface area is 163 Å². The number of aromatic nitrogens is 1. The monoisotopic (exact) mass is 385 g/mol. The van der Waals surface area contributed by atoms with Gasteiger partial charge in [-0.25, -0.2) is 0 Å². The zero-order chi connectivity index (χ0) is 19.6. The van der Waals surface area contributed by atoms with Crippen molar-refractivity contribution in [2.75, 3.05) is 6.54 Å². The van der Waals surface area contributed by atoms with E-state index in [1.165, 1.54) is 13.8 Å². The molecule has 1 heterocycles. The molecule has 0 aliphatic heterocycles. The van der Waals surface area contributed by atoms with Crippen LogP contribution in [-0.4, -0.2) is 34.2 Å². The van der Waals surface area contributed by atoms with Crippen molar-refractivity contribution >= 4 is 28.4 Å². The number of nitrogens with one attached hydrogen (secondary N) is 2. The van der Waals surface area contributed by atoms with E-state index in [0.29, 0.717) is 11.6 Å². The van der Waals surface area contributed by atoms with Crippen molar-refractivity contribution in [3.8, 4) is 0 Å². The summed E-state index contributed by atoms with van der Waals surface area (Å²) in [5, 5.41) is 14.6. The first-order valence-electron chi connectivity index (χ1n) is 8.85. The molecular weight excluding hydrogens is 362 g/mol. The third kappa shape index (κ3) is 4.16. The fraction of sp³-hybridized carbons (Fsp3) is 0.286. The SMILES string of the molecule is CC(C)(O)[C@@H](N)C(=O)NCC(c1ccccc1Cl)c1c[nH]c2ccccc12. The number of carbonyl (C=O) groups excluding carboxylic acids is 1. The zero-order valence-electron chi connectivity index (χ0n) is 15.4. The number of amides is 1. The van der Waals surface area contributed by atoms with Crippen LogP contribution < -0.4 is 11.1 Å². The Morgan fingerprint density at radius 1 is 1.19 bits per heavy atom. The minimum absolute atomic E-state index is 0.159. The number of aliphatic hydroxyl groups is 1. The fourth-order valence-corrected chi connectivity index (χ4v) is 3.43. The number of hydrogen-bond donors (Lipinski definition) is 4. The Balaban J connectivity index is 1.95. The van der Waals surface area contributed by atoms with Crippen LogP contribution in [0.25, 0.3) is 10.9 Å². The van der Waals surface area contributed by atoms with Crippen LogP contribution in [-0.2, 0) is 4.79 Å². The molecule has 0 saturated heterocycles. The van der Waals surface area contributed by atoms with Gasteiger partial charge in [0.1, 0.15) is 6.04 Å². The molecule has 0 radical (unpaired) electrons. The van der Waals surface area contributed by atoms with Gasteiger partial charge in [0.2, 0.25) is 5.91 Å². The van der Waals surface area contributed by atoms with E-state index in [2.05, 4.69) is 10.3 Å². The predicted molar refractivity (Wildman–Crippen MR) is 109 cm³/mol. The second-order valence-corrected chi connectivity index (χ2v) is 7.65. The largest absolute Gasteiger partial charge is 0.388 e. The van der Waals surface area contributed by atoms with Crippen LogP contribution in [0.15, 0.2) is 54.7 Å². The summed E-state index contributed by atoms with van der Waals surface area (Å²) in [6.07, 6.45) is 1.95. The average molecular weight is 386 g/mol. The highest BCUT2D eigenvalue weighted by molar-refractivity contribution is 6.31. The lowest BCUT2D eigenvalue weighted by Gasteiger charge is -2.26. The van der Waals surface area contributed by atoms with E-state index in [0.717, 1.165) is 22.0 Å². The number of benzene rings is 2. The first-order valence-corrected chi connectivity index (χ1v) is 9.23. The highest BCUT2D eigenvalue weighted by Crippen LogP contribution is 2.34. The molecule has 0 aliphatic carbocycles. The van der Waals surface area contributed by atoms with Gasteiger partial charge in [0, 0.05) is 34.6 Å². The van der Waals surface area contributed by atoms with Crippen LogP contribution in [0.1, 0.15) is 30.9 Å². The molecule has 142 valence electrons. The number of fused-ring (bicyclic) bond motifs is 1. The second-order valence-electron chi connectivity index (χ2n) is 7.24. The average Bonchev–Trinajstić information content (AvgIpc) is 3.06. The van der Waals surface area contributed by atoms with E-state index in [1.807, 2.05) is 54.7 Å². The molecule has 0 spiro atoms. The third-order valence-electron chi connectivity index (χ3n) is 4.80. The lowest BCUT2D eigenvalue weighted by Crippen LogP contribution is -2.54. The Morgan fingerprint density at radius 3 is 2.56 bits per heavy atom. The van der Waals surface area contributed by atoms with Gasteiger partial charge in [-0.05, 0) is 37.1 Å². The lowest BCUT2D eigenvalue weighted by atomic mass is 9.90. The van der Waals surface area contributed by atoms with Crippen molar-refractivity contribution < 1.29 is 9.90 Å². The van der Waals surface area contributed by atoms with Gasteiger partial charge < -0.3 is 21.1 Å². The molecule has 0 saturated carbocycles. The maximum atomic E-state index is 12.4. The molecule has 1 amide bonds. The lowest BCUT2D eigenvalue weighted by molar-refractivity contribution is -0.127. The summed E-state index contributed by atoms with van der Waals surface area (Å²) in [7, 11) is 0. The number of H-pyrrole nitrogens is 1. The first kappa shape index (κ1) is 19.4. The summed E-state index contributed by atoms with van der Waals surface area (Å²) < 4.78 is 0. The summed E-state index contributed by atoms with van der Waals surface area (Å²) in [6, 6.07) is 14.6. The molecule has 6 heteroatoms. The van der Waals surface area contributed by atoms with Gasteiger partial charge in [-0.1, -0.05) is 48.0 Å². The third-order valence-corrected chi connectivity index (χ3v) is 5.15. The maximum Gasteiger partial charge on any atom is 0.239 e. The smallest absolute Gasteiger partial charge is 0.239 e. The van der Waals surface area contributed by atoms with E-state index in [-0.39, 0.29) is 5.92 Å². The van der Waals surface area contributed by atoms with Crippen molar-refractivity contribution in [3.05, 3.63) is 70.9 Å². The van der Waals surface area contributed by atoms with E-state index >= 15 is 0 Å².